The number of benzene rings is 3. The molecule has 0 unspecified atom stereocenters. The lowest BCUT2D eigenvalue weighted by atomic mass is 10.2. The largest absolute Gasteiger partial charge is 0.354 e. The van der Waals surface area contributed by atoms with Crippen LogP contribution in [0.4, 0.5) is 11.4 Å². The first-order valence-electron chi connectivity index (χ1n) is 10.4. The standard InChI is InChI=1S/C26H26N4.2ClH/c1-3-8-23(9-4-1)19-27-14-16-29(21-27)25-12-7-13-26(18-25)30-17-15-28(22-30)20-24-10-5-2-6-11-24;;/h1-18H,19-22H2;2*1H. The Bertz CT molecular complexity index is 959. The Labute approximate surface area is 202 Å². The maximum Gasteiger partial charge on any atom is 0.0945 e. The number of hydrogen-bond donors (Lipinski definition) is 0. The van der Waals surface area contributed by atoms with E-state index < -0.39 is 0 Å². The Kier molecular flexibility index (Phi) is 8.09. The number of rotatable bonds is 6. The average molecular weight is 467 g/mol. The normalized spacial score (nSPS) is 14.5. The van der Waals surface area contributed by atoms with Crippen LogP contribution in [0.5, 0.6) is 0 Å². The van der Waals surface area contributed by atoms with Gasteiger partial charge in [-0.25, -0.2) is 0 Å². The van der Waals surface area contributed by atoms with Gasteiger partial charge in [-0.05, 0) is 29.3 Å². The Hall–Kier alpha value is -3.08. The molecule has 0 amide bonds. The van der Waals surface area contributed by atoms with E-state index in [4.69, 9.17) is 0 Å². The molecule has 166 valence electrons. The van der Waals surface area contributed by atoms with Gasteiger partial charge in [0.05, 0.1) is 13.3 Å². The predicted molar refractivity (Wildman–Crippen MR) is 138 cm³/mol. The minimum Gasteiger partial charge on any atom is -0.354 e. The monoisotopic (exact) mass is 466 g/mol. The zero-order valence-corrected chi connectivity index (χ0v) is 19.5. The molecule has 0 spiro atoms. The molecular formula is C26H28Cl2N4. The van der Waals surface area contributed by atoms with Gasteiger partial charge in [-0.15, -0.1) is 24.8 Å². The van der Waals surface area contributed by atoms with Crippen molar-refractivity contribution >= 4 is 36.2 Å². The fraction of sp³-hybridized carbons (Fsp3) is 0.154. The van der Waals surface area contributed by atoms with Crippen molar-refractivity contribution in [1.82, 2.24) is 9.80 Å². The van der Waals surface area contributed by atoms with E-state index in [0.29, 0.717) is 0 Å². The molecule has 6 heteroatoms. The number of anilines is 2. The molecule has 0 aliphatic carbocycles. The Morgan fingerprint density at radius 3 is 1.38 bits per heavy atom. The van der Waals surface area contributed by atoms with Gasteiger partial charge < -0.3 is 19.6 Å². The Balaban J connectivity index is 0.00000144. The molecule has 3 aromatic rings. The quantitative estimate of drug-likeness (QED) is 0.439. The van der Waals surface area contributed by atoms with Crippen LogP contribution in [0.15, 0.2) is 110 Å². The van der Waals surface area contributed by atoms with E-state index in [9.17, 15) is 0 Å². The third-order valence-corrected chi connectivity index (χ3v) is 5.53. The molecule has 0 N–H and O–H groups in total. The van der Waals surface area contributed by atoms with E-state index in [0.717, 1.165) is 26.4 Å². The number of nitrogens with zero attached hydrogens (tertiary/aromatic N) is 4. The highest BCUT2D eigenvalue weighted by molar-refractivity contribution is 5.85. The van der Waals surface area contributed by atoms with Gasteiger partial charge in [-0.3, -0.25) is 0 Å². The van der Waals surface area contributed by atoms with Gasteiger partial charge in [-0.1, -0.05) is 66.7 Å². The molecule has 0 radical (unpaired) electrons. The second-order valence-corrected chi connectivity index (χ2v) is 7.80. The maximum absolute atomic E-state index is 2.33. The van der Waals surface area contributed by atoms with Gasteiger partial charge in [0.25, 0.3) is 0 Å². The lowest BCUT2D eigenvalue weighted by Gasteiger charge is -2.24. The van der Waals surface area contributed by atoms with Crippen LogP contribution in [-0.2, 0) is 13.1 Å². The lowest BCUT2D eigenvalue weighted by molar-refractivity contribution is 0.399. The molecule has 0 fully saturated rings. The lowest BCUT2D eigenvalue weighted by Crippen LogP contribution is -2.26. The van der Waals surface area contributed by atoms with Gasteiger partial charge in [0.1, 0.15) is 0 Å². The second kappa shape index (κ2) is 11.0. The molecule has 5 rings (SSSR count). The highest BCUT2D eigenvalue weighted by Crippen LogP contribution is 2.27. The molecule has 0 aromatic heterocycles. The number of hydrogen-bond acceptors (Lipinski definition) is 4. The summed E-state index contributed by atoms with van der Waals surface area (Å²) in [6.45, 7) is 3.59. The summed E-state index contributed by atoms with van der Waals surface area (Å²) in [6, 6.07) is 30.0. The fourth-order valence-corrected chi connectivity index (χ4v) is 3.96. The predicted octanol–water partition coefficient (Wildman–Crippen LogP) is 6.03. The zero-order chi connectivity index (χ0) is 20.2. The maximum atomic E-state index is 2.33. The first-order valence-corrected chi connectivity index (χ1v) is 10.4. The van der Waals surface area contributed by atoms with Crippen molar-refractivity contribution in [3.05, 3.63) is 121 Å². The SMILES string of the molecule is C1=CN(c2cccc(N3C=CN(Cc4ccccc4)C3)c2)CN1Cc1ccccc1.Cl.Cl. The summed E-state index contributed by atoms with van der Waals surface area (Å²) >= 11 is 0. The Morgan fingerprint density at radius 2 is 0.938 bits per heavy atom. The minimum absolute atomic E-state index is 0. The van der Waals surface area contributed by atoms with Crippen LogP contribution in [0, 0.1) is 0 Å². The van der Waals surface area contributed by atoms with E-state index in [1.54, 1.807) is 0 Å². The third kappa shape index (κ3) is 5.58. The second-order valence-electron chi connectivity index (χ2n) is 7.80. The smallest absolute Gasteiger partial charge is 0.0945 e. The van der Waals surface area contributed by atoms with Gasteiger partial charge in [0, 0.05) is 49.3 Å². The van der Waals surface area contributed by atoms with Gasteiger partial charge >= 0.3 is 0 Å². The van der Waals surface area contributed by atoms with E-state index in [1.807, 2.05) is 0 Å². The molecule has 0 saturated carbocycles. The summed E-state index contributed by atoms with van der Waals surface area (Å²) < 4.78 is 0. The average Bonchev–Trinajstić information content (AvgIpc) is 3.45. The molecule has 0 atom stereocenters. The molecule has 32 heavy (non-hydrogen) atoms. The summed E-state index contributed by atoms with van der Waals surface area (Å²) in [7, 11) is 0. The van der Waals surface area contributed by atoms with Crippen molar-refractivity contribution in [2.45, 2.75) is 13.1 Å². The van der Waals surface area contributed by atoms with Crippen LogP contribution in [-0.4, -0.2) is 23.1 Å². The van der Waals surface area contributed by atoms with Gasteiger partial charge in [0.15, 0.2) is 0 Å². The van der Waals surface area contributed by atoms with Gasteiger partial charge in [0.2, 0.25) is 0 Å². The van der Waals surface area contributed by atoms with E-state index >= 15 is 0 Å². The van der Waals surface area contributed by atoms with Crippen LogP contribution in [0.2, 0.25) is 0 Å². The topological polar surface area (TPSA) is 13.0 Å². The Morgan fingerprint density at radius 1 is 0.500 bits per heavy atom. The zero-order valence-electron chi connectivity index (χ0n) is 17.8. The molecule has 0 saturated heterocycles. The fourth-order valence-electron chi connectivity index (χ4n) is 3.96. The first kappa shape index (κ1) is 23.6. The highest BCUT2D eigenvalue weighted by Gasteiger charge is 2.17. The summed E-state index contributed by atoms with van der Waals surface area (Å²) in [4.78, 5) is 9.26. The van der Waals surface area contributed by atoms with E-state index in [2.05, 4.69) is 129 Å². The molecule has 2 aliphatic heterocycles. The summed E-state index contributed by atoms with van der Waals surface area (Å²) in [6.07, 6.45) is 8.70. The van der Waals surface area contributed by atoms with E-state index in [-0.39, 0.29) is 24.8 Å². The summed E-state index contributed by atoms with van der Waals surface area (Å²) in [5.74, 6) is 0. The molecule has 0 bridgehead atoms. The minimum atomic E-state index is 0. The molecule has 2 aliphatic rings. The van der Waals surface area contributed by atoms with Gasteiger partial charge in [-0.2, -0.15) is 0 Å². The van der Waals surface area contributed by atoms with Crippen molar-refractivity contribution in [2.75, 3.05) is 23.1 Å². The highest BCUT2D eigenvalue weighted by atomic mass is 35.5. The van der Waals surface area contributed by atoms with Crippen molar-refractivity contribution in [3.8, 4) is 0 Å². The van der Waals surface area contributed by atoms with E-state index in [1.165, 1.54) is 22.5 Å². The van der Waals surface area contributed by atoms with Crippen molar-refractivity contribution < 1.29 is 0 Å². The third-order valence-electron chi connectivity index (χ3n) is 5.53. The van der Waals surface area contributed by atoms with Crippen molar-refractivity contribution in [1.29, 1.82) is 0 Å². The molecule has 4 nitrogen and oxygen atoms in total. The molecule has 2 heterocycles. The van der Waals surface area contributed by atoms with Crippen LogP contribution in [0.25, 0.3) is 0 Å². The van der Waals surface area contributed by atoms with Crippen molar-refractivity contribution in [2.24, 2.45) is 0 Å². The van der Waals surface area contributed by atoms with Crippen molar-refractivity contribution in [3.63, 3.8) is 0 Å². The van der Waals surface area contributed by atoms with Crippen LogP contribution < -0.4 is 9.80 Å². The van der Waals surface area contributed by atoms with Crippen LogP contribution in [0.3, 0.4) is 0 Å². The molecular weight excluding hydrogens is 439 g/mol. The summed E-state index contributed by atoms with van der Waals surface area (Å²) in [5.41, 5.74) is 5.10. The van der Waals surface area contributed by atoms with Crippen LogP contribution in [0.1, 0.15) is 11.1 Å². The summed E-state index contributed by atoms with van der Waals surface area (Å²) in [5, 5.41) is 0. The first-order chi connectivity index (χ1) is 14.8. The number of halogens is 2. The van der Waals surface area contributed by atoms with Crippen LogP contribution >= 0.6 is 24.8 Å². The molecule has 3 aromatic carbocycles.